The van der Waals surface area contributed by atoms with Gasteiger partial charge in [0.1, 0.15) is 18.2 Å². The molecule has 0 aliphatic carbocycles. The number of thiocarbonyl (C=S) groups is 1. The standard InChI is InChI=1S/C25H19ClFNO2S2/c1-15-10-11-21(16(2)12-15)28-24(29)23(32-25(28)31)13-17-6-3-4-9-22(17)30-14-18-19(26)7-5-8-20(18)27/h3-13H,14H2,1-2H3/b23-13+. The second-order valence-corrected chi connectivity index (χ2v) is 9.42. The van der Waals surface area contributed by atoms with Crippen molar-refractivity contribution >= 4 is 57.6 Å². The molecule has 7 heteroatoms. The zero-order valence-corrected chi connectivity index (χ0v) is 19.8. The normalized spacial score (nSPS) is 15.0. The number of aryl methyl sites for hydroxylation is 2. The number of hydrogen-bond acceptors (Lipinski definition) is 4. The lowest BCUT2D eigenvalue weighted by molar-refractivity contribution is -0.113. The Bertz CT molecular complexity index is 1240. The summed E-state index contributed by atoms with van der Waals surface area (Å²) in [6, 6.07) is 17.7. The van der Waals surface area contributed by atoms with Crippen LogP contribution in [0.25, 0.3) is 6.08 Å². The Kier molecular flexibility index (Phi) is 6.65. The highest BCUT2D eigenvalue weighted by Gasteiger charge is 2.34. The number of ether oxygens (including phenoxy) is 1. The molecule has 3 aromatic rings. The maximum absolute atomic E-state index is 14.1. The van der Waals surface area contributed by atoms with Gasteiger partial charge in [-0.1, -0.05) is 77.5 Å². The molecule has 1 fully saturated rings. The Morgan fingerprint density at radius 2 is 1.91 bits per heavy atom. The number of thioether (sulfide) groups is 1. The molecule has 0 aromatic heterocycles. The molecule has 0 spiro atoms. The van der Waals surface area contributed by atoms with Crippen LogP contribution in [0.3, 0.4) is 0 Å². The number of amides is 1. The highest BCUT2D eigenvalue weighted by Crippen LogP contribution is 2.38. The van der Waals surface area contributed by atoms with Crippen LogP contribution in [0.15, 0.2) is 65.6 Å². The van der Waals surface area contributed by atoms with Crippen LogP contribution in [0.1, 0.15) is 22.3 Å². The number of carbonyl (C=O) groups excluding carboxylic acids is 1. The van der Waals surface area contributed by atoms with Crippen LogP contribution >= 0.6 is 35.6 Å². The van der Waals surface area contributed by atoms with Gasteiger partial charge in [0.2, 0.25) is 0 Å². The molecule has 3 aromatic carbocycles. The summed E-state index contributed by atoms with van der Waals surface area (Å²) in [5.41, 5.74) is 3.85. The van der Waals surface area contributed by atoms with Crippen LogP contribution in [-0.4, -0.2) is 10.2 Å². The van der Waals surface area contributed by atoms with Crippen molar-refractivity contribution in [2.45, 2.75) is 20.5 Å². The average molecular weight is 484 g/mol. The van der Waals surface area contributed by atoms with Crippen molar-refractivity contribution < 1.29 is 13.9 Å². The Balaban J connectivity index is 1.61. The van der Waals surface area contributed by atoms with E-state index in [1.54, 1.807) is 29.2 Å². The van der Waals surface area contributed by atoms with Crippen molar-refractivity contribution in [3.8, 4) is 5.75 Å². The van der Waals surface area contributed by atoms with Crippen LogP contribution < -0.4 is 9.64 Å². The van der Waals surface area contributed by atoms with E-state index in [1.807, 2.05) is 50.2 Å². The van der Waals surface area contributed by atoms with E-state index in [2.05, 4.69) is 0 Å². The number of anilines is 1. The minimum atomic E-state index is -0.427. The van der Waals surface area contributed by atoms with E-state index >= 15 is 0 Å². The summed E-state index contributed by atoms with van der Waals surface area (Å²) in [5, 5.41) is 0.303. The number of nitrogens with zero attached hydrogens (tertiary/aromatic N) is 1. The molecular formula is C25H19ClFNO2S2. The molecule has 1 heterocycles. The topological polar surface area (TPSA) is 29.5 Å². The molecule has 0 atom stereocenters. The predicted octanol–water partition coefficient (Wildman–Crippen LogP) is 7.08. The van der Waals surface area contributed by atoms with Crippen molar-refractivity contribution in [1.29, 1.82) is 0 Å². The van der Waals surface area contributed by atoms with Gasteiger partial charge in [0.05, 0.1) is 15.6 Å². The van der Waals surface area contributed by atoms with Crippen molar-refractivity contribution in [3.05, 3.63) is 98.7 Å². The van der Waals surface area contributed by atoms with E-state index in [4.69, 9.17) is 28.6 Å². The lowest BCUT2D eigenvalue weighted by Gasteiger charge is -2.17. The molecule has 1 aliphatic rings. The van der Waals surface area contributed by atoms with Crippen molar-refractivity contribution in [2.75, 3.05) is 4.90 Å². The third-order valence-corrected chi connectivity index (χ3v) is 6.68. The molecule has 1 aliphatic heterocycles. The first kappa shape index (κ1) is 22.5. The molecular weight excluding hydrogens is 465 g/mol. The SMILES string of the molecule is Cc1ccc(N2C(=O)/C(=C\c3ccccc3OCc3c(F)cccc3Cl)SC2=S)c(C)c1. The van der Waals surface area contributed by atoms with Gasteiger partial charge in [-0.3, -0.25) is 9.69 Å². The summed E-state index contributed by atoms with van der Waals surface area (Å²) in [4.78, 5) is 15.2. The van der Waals surface area contributed by atoms with E-state index in [1.165, 1.54) is 17.8 Å². The van der Waals surface area contributed by atoms with Gasteiger partial charge in [0.15, 0.2) is 4.32 Å². The minimum absolute atomic E-state index is 0.0279. The molecule has 3 nitrogen and oxygen atoms in total. The lowest BCUT2D eigenvalue weighted by atomic mass is 10.1. The number of rotatable bonds is 5. The van der Waals surface area contributed by atoms with Gasteiger partial charge in [-0.2, -0.15) is 0 Å². The van der Waals surface area contributed by atoms with Crippen molar-refractivity contribution in [3.63, 3.8) is 0 Å². The summed E-state index contributed by atoms with van der Waals surface area (Å²) < 4.78 is 20.4. The first-order valence-electron chi connectivity index (χ1n) is 9.85. The second-order valence-electron chi connectivity index (χ2n) is 7.33. The molecule has 1 saturated heterocycles. The van der Waals surface area contributed by atoms with Crippen LogP contribution in [0.5, 0.6) is 5.75 Å². The van der Waals surface area contributed by atoms with E-state index in [9.17, 15) is 9.18 Å². The Morgan fingerprint density at radius 1 is 1.12 bits per heavy atom. The number of hydrogen-bond donors (Lipinski definition) is 0. The van der Waals surface area contributed by atoms with Crippen LogP contribution in [0.2, 0.25) is 5.02 Å². The van der Waals surface area contributed by atoms with Crippen molar-refractivity contribution in [2.24, 2.45) is 0 Å². The van der Waals surface area contributed by atoms with E-state index in [0.29, 0.717) is 25.6 Å². The van der Waals surface area contributed by atoms with Gasteiger partial charge < -0.3 is 4.74 Å². The number of halogens is 2. The minimum Gasteiger partial charge on any atom is -0.488 e. The Hall–Kier alpha value is -2.67. The average Bonchev–Trinajstić information content (AvgIpc) is 3.02. The third-order valence-electron chi connectivity index (χ3n) is 5.03. The summed E-state index contributed by atoms with van der Waals surface area (Å²) in [7, 11) is 0. The summed E-state index contributed by atoms with van der Waals surface area (Å²) in [6.45, 7) is 3.94. The number of benzene rings is 3. The number of carbonyl (C=O) groups is 1. The maximum atomic E-state index is 14.1. The van der Waals surface area contributed by atoms with Crippen LogP contribution in [0.4, 0.5) is 10.1 Å². The quantitative estimate of drug-likeness (QED) is 0.286. The molecule has 32 heavy (non-hydrogen) atoms. The fraction of sp³-hybridized carbons (Fsp3) is 0.120. The summed E-state index contributed by atoms with van der Waals surface area (Å²) in [5.74, 6) is -0.0909. The largest absolute Gasteiger partial charge is 0.488 e. The second kappa shape index (κ2) is 9.45. The van der Waals surface area contributed by atoms with Gasteiger partial charge >= 0.3 is 0 Å². The van der Waals surface area contributed by atoms with Crippen molar-refractivity contribution in [1.82, 2.24) is 0 Å². The number of para-hydroxylation sites is 1. The molecule has 0 saturated carbocycles. The fourth-order valence-electron chi connectivity index (χ4n) is 3.42. The highest BCUT2D eigenvalue weighted by atomic mass is 35.5. The molecule has 4 rings (SSSR count). The van der Waals surface area contributed by atoms with Crippen LogP contribution in [-0.2, 0) is 11.4 Å². The molecule has 0 bridgehead atoms. The van der Waals surface area contributed by atoms with E-state index in [0.717, 1.165) is 16.8 Å². The molecule has 0 N–H and O–H groups in total. The van der Waals surface area contributed by atoms with Gasteiger partial charge in [-0.25, -0.2) is 4.39 Å². The summed E-state index contributed by atoms with van der Waals surface area (Å²) >= 11 is 12.9. The Labute approximate surface area is 200 Å². The highest BCUT2D eigenvalue weighted by molar-refractivity contribution is 8.27. The first-order valence-corrected chi connectivity index (χ1v) is 11.5. The third kappa shape index (κ3) is 4.58. The monoisotopic (exact) mass is 483 g/mol. The molecule has 0 radical (unpaired) electrons. The smallest absolute Gasteiger partial charge is 0.270 e. The maximum Gasteiger partial charge on any atom is 0.270 e. The van der Waals surface area contributed by atoms with Gasteiger partial charge in [-0.05, 0) is 49.8 Å². The van der Waals surface area contributed by atoms with Gasteiger partial charge in [0, 0.05) is 11.1 Å². The van der Waals surface area contributed by atoms with E-state index in [-0.39, 0.29) is 18.1 Å². The van der Waals surface area contributed by atoms with Gasteiger partial charge in [-0.15, -0.1) is 0 Å². The lowest BCUT2D eigenvalue weighted by Crippen LogP contribution is -2.28. The van der Waals surface area contributed by atoms with Crippen LogP contribution in [0, 0.1) is 19.7 Å². The predicted molar refractivity (Wildman–Crippen MR) is 134 cm³/mol. The summed E-state index contributed by atoms with van der Waals surface area (Å²) in [6.07, 6.45) is 1.75. The fourth-order valence-corrected chi connectivity index (χ4v) is 4.92. The van der Waals surface area contributed by atoms with E-state index < -0.39 is 5.82 Å². The molecule has 0 unspecified atom stereocenters. The van der Waals surface area contributed by atoms with Gasteiger partial charge in [0.25, 0.3) is 5.91 Å². The molecule has 1 amide bonds. The zero-order chi connectivity index (χ0) is 22.8. The first-order chi connectivity index (χ1) is 15.3. The molecule has 162 valence electrons. The zero-order valence-electron chi connectivity index (χ0n) is 17.4. The Morgan fingerprint density at radius 3 is 2.66 bits per heavy atom.